The van der Waals surface area contributed by atoms with Crippen LogP contribution in [0.5, 0.6) is 5.88 Å². The number of aromatic nitrogens is 1. The van der Waals surface area contributed by atoms with Crippen LogP contribution < -0.4 is 20.1 Å². The van der Waals surface area contributed by atoms with E-state index in [4.69, 9.17) is 9.47 Å². The Morgan fingerprint density at radius 1 is 1.00 bits per heavy atom. The molecule has 6 rings (SSSR count). The van der Waals surface area contributed by atoms with E-state index in [2.05, 4.69) is 20.3 Å². The number of sulfonamides is 1. The van der Waals surface area contributed by atoms with Gasteiger partial charge in [-0.2, -0.15) is 0 Å². The standard InChI is InChI=1S/C35H47N5O8S/c1-34(2,3)48-33(44)37-27-14-8-6-4-5-7-12-23-20-35(23,32(43)39-49(45,46)25-15-16-25)38-29(41)28-19-24(21-40(28)31(27)42)47-30-26-13-10-9-11-22(26)17-18-36-30/h9-11,13,17-18,23-25,27-28H,4-8,12,14-16,19-21H2,1-3H3,(H,37,44)(H,38,41)(H,39,43)/t23-,24-,27+,28+,35-/m1/s1. The summed E-state index contributed by atoms with van der Waals surface area (Å²) in [6, 6.07) is 7.46. The smallest absolute Gasteiger partial charge is 0.408 e. The van der Waals surface area contributed by atoms with E-state index in [1.165, 1.54) is 4.90 Å². The van der Waals surface area contributed by atoms with Crippen LogP contribution in [0.1, 0.15) is 91.4 Å². The van der Waals surface area contributed by atoms with Crippen molar-refractivity contribution in [1.29, 1.82) is 0 Å². The van der Waals surface area contributed by atoms with Gasteiger partial charge < -0.3 is 25.0 Å². The summed E-state index contributed by atoms with van der Waals surface area (Å²) in [5.41, 5.74) is -2.17. The number of fused-ring (bicyclic) bond motifs is 3. The van der Waals surface area contributed by atoms with E-state index in [0.717, 1.165) is 36.5 Å². The maximum absolute atomic E-state index is 14.3. The maximum Gasteiger partial charge on any atom is 0.408 e. The van der Waals surface area contributed by atoms with Gasteiger partial charge in [-0.25, -0.2) is 18.2 Å². The molecule has 2 saturated carbocycles. The largest absolute Gasteiger partial charge is 0.472 e. The van der Waals surface area contributed by atoms with Crippen molar-refractivity contribution >= 4 is 44.6 Å². The third kappa shape index (κ3) is 8.11. The topological polar surface area (TPSA) is 173 Å². The van der Waals surface area contributed by atoms with Gasteiger partial charge in [0.2, 0.25) is 27.7 Å². The van der Waals surface area contributed by atoms with Gasteiger partial charge in [-0.3, -0.25) is 19.1 Å². The number of alkyl carbamates (subject to hydrolysis) is 1. The van der Waals surface area contributed by atoms with Gasteiger partial charge in [-0.05, 0) is 76.3 Å². The van der Waals surface area contributed by atoms with E-state index in [0.29, 0.717) is 44.4 Å². The van der Waals surface area contributed by atoms with E-state index in [1.54, 1.807) is 27.0 Å². The van der Waals surface area contributed by atoms with Crippen LogP contribution in [0.4, 0.5) is 4.79 Å². The molecule has 0 unspecified atom stereocenters. The lowest BCUT2D eigenvalue weighted by molar-refractivity contribution is -0.141. The van der Waals surface area contributed by atoms with Gasteiger partial charge in [0.15, 0.2) is 0 Å². The maximum atomic E-state index is 14.3. The molecule has 1 aromatic carbocycles. The Morgan fingerprint density at radius 2 is 1.71 bits per heavy atom. The first kappa shape index (κ1) is 34.9. The number of benzene rings is 1. The number of hydrogen-bond donors (Lipinski definition) is 3. The van der Waals surface area contributed by atoms with Gasteiger partial charge in [0.25, 0.3) is 5.91 Å². The van der Waals surface area contributed by atoms with Gasteiger partial charge >= 0.3 is 6.09 Å². The van der Waals surface area contributed by atoms with Crippen molar-refractivity contribution in [3.63, 3.8) is 0 Å². The summed E-state index contributed by atoms with van der Waals surface area (Å²) in [5, 5.41) is 6.77. The summed E-state index contributed by atoms with van der Waals surface area (Å²) in [6.07, 6.45) is 6.78. The number of nitrogens with zero attached hydrogens (tertiary/aromatic N) is 2. The fourth-order valence-corrected chi connectivity index (χ4v) is 8.41. The van der Waals surface area contributed by atoms with Crippen LogP contribution in [0.3, 0.4) is 0 Å². The summed E-state index contributed by atoms with van der Waals surface area (Å²) in [6.45, 7) is 5.25. The molecule has 2 aliphatic carbocycles. The van der Waals surface area contributed by atoms with Gasteiger partial charge in [0.1, 0.15) is 29.3 Å². The number of nitrogens with one attached hydrogen (secondary N) is 3. The quantitative estimate of drug-likeness (QED) is 0.407. The number of pyridine rings is 1. The zero-order valence-electron chi connectivity index (χ0n) is 28.4. The fraction of sp³-hybridized carbons (Fsp3) is 0.629. The molecule has 13 nitrogen and oxygen atoms in total. The highest BCUT2D eigenvalue weighted by atomic mass is 32.2. The van der Waals surface area contributed by atoms with E-state index in [1.807, 2.05) is 30.3 Å². The summed E-state index contributed by atoms with van der Waals surface area (Å²) in [4.78, 5) is 61.0. The molecule has 0 spiro atoms. The molecular formula is C35H47N5O8S. The third-order valence-corrected chi connectivity index (χ3v) is 11.7. The number of carbonyl (C=O) groups excluding carboxylic acids is 4. The van der Waals surface area contributed by atoms with Crippen LogP contribution in [0.15, 0.2) is 36.5 Å². The Kier molecular flexibility index (Phi) is 9.80. The lowest BCUT2D eigenvalue weighted by atomic mass is 10.0. The van der Waals surface area contributed by atoms with E-state index in [-0.39, 0.29) is 18.9 Å². The lowest BCUT2D eigenvalue weighted by Crippen LogP contribution is -2.58. The van der Waals surface area contributed by atoms with Crippen LogP contribution in [-0.2, 0) is 29.1 Å². The number of carbonyl (C=O) groups is 4. The fourth-order valence-electron chi connectivity index (χ4n) is 7.05. The van der Waals surface area contributed by atoms with Crippen molar-refractivity contribution in [2.45, 2.75) is 126 Å². The van der Waals surface area contributed by atoms with Gasteiger partial charge in [0, 0.05) is 18.0 Å². The monoisotopic (exact) mass is 697 g/mol. The predicted molar refractivity (Wildman–Crippen MR) is 181 cm³/mol. The van der Waals surface area contributed by atoms with E-state index < -0.39 is 68.4 Å². The molecule has 49 heavy (non-hydrogen) atoms. The molecule has 266 valence electrons. The third-order valence-electron chi connectivity index (χ3n) is 9.85. The Balaban J connectivity index is 1.29. The zero-order valence-corrected chi connectivity index (χ0v) is 29.2. The average molecular weight is 698 g/mol. The molecule has 14 heteroatoms. The number of amides is 4. The highest BCUT2D eigenvalue weighted by molar-refractivity contribution is 7.91. The first-order valence-electron chi connectivity index (χ1n) is 17.4. The van der Waals surface area contributed by atoms with Crippen LogP contribution >= 0.6 is 0 Å². The molecule has 4 aliphatic rings. The Hall–Kier alpha value is -3.94. The number of rotatable bonds is 6. The van der Waals surface area contributed by atoms with Crippen molar-refractivity contribution in [1.82, 2.24) is 25.2 Å². The highest BCUT2D eigenvalue weighted by Crippen LogP contribution is 2.48. The average Bonchev–Trinajstić information content (AvgIpc) is 3.96. The zero-order chi connectivity index (χ0) is 35.0. The van der Waals surface area contributed by atoms with Crippen molar-refractivity contribution in [3.05, 3.63) is 36.5 Å². The van der Waals surface area contributed by atoms with Crippen LogP contribution in [0, 0.1) is 5.92 Å². The van der Waals surface area contributed by atoms with Crippen molar-refractivity contribution in [3.8, 4) is 5.88 Å². The minimum Gasteiger partial charge on any atom is -0.472 e. The lowest BCUT2D eigenvalue weighted by Gasteiger charge is -2.30. The number of hydrogen-bond acceptors (Lipinski definition) is 9. The second kappa shape index (κ2) is 13.8. The van der Waals surface area contributed by atoms with Gasteiger partial charge in [0.05, 0.1) is 11.8 Å². The van der Waals surface area contributed by atoms with Crippen molar-refractivity contribution in [2.24, 2.45) is 5.92 Å². The van der Waals surface area contributed by atoms with Crippen LogP contribution in [-0.4, -0.2) is 83.2 Å². The van der Waals surface area contributed by atoms with Gasteiger partial charge in [-0.15, -0.1) is 0 Å². The minimum atomic E-state index is -3.84. The molecule has 2 aliphatic heterocycles. The number of ether oxygens (including phenoxy) is 2. The van der Waals surface area contributed by atoms with Crippen LogP contribution in [0.25, 0.3) is 10.8 Å². The summed E-state index contributed by atoms with van der Waals surface area (Å²) >= 11 is 0. The van der Waals surface area contributed by atoms with Gasteiger partial charge in [-0.1, -0.05) is 50.3 Å². The Bertz CT molecular complexity index is 1700. The SMILES string of the molecule is CC(C)(C)OC(=O)N[C@H]1CCCCCCC[C@@H]2C[C@@]2(C(=O)NS(=O)(=O)C2CC2)NC(=O)[C@@H]2C[C@@H](Oc3nccc4ccccc34)CN2C1=O. The highest BCUT2D eigenvalue weighted by Gasteiger charge is 2.62. The van der Waals surface area contributed by atoms with Crippen molar-refractivity contribution < 1.29 is 37.1 Å². The second-order valence-corrected chi connectivity index (χ2v) is 16.9. The molecule has 2 aromatic rings. The van der Waals surface area contributed by atoms with Crippen LogP contribution in [0.2, 0.25) is 0 Å². The molecule has 4 amide bonds. The molecule has 5 atom stereocenters. The second-order valence-electron chi connectivity index (χ2n) is 14.9. The first-order chi connectivity index (χ1) is 23.3. The first-order valence-corrected chi connectivity index (χ1v) is 19.0. The predicted octanol–water partition coefficient (Wildman–Crippen LogP) is 3.70. The molecule has 2 saturated heterocycles. The summed E-state index contributed by atoms with van der Waals surface area (Å²) in [5.74, 6) is -1.62. The molecule has 3 N–H and O–H groups in total. The summed E-state index contributed by atoms with van der Waals surface area (Å²) < 4.78 is 39.6. The van der Waals surface area contributed by atoms with E-state index >= 15 is 0 Å². The van der Waals surface area contributed by atoms with E-state index in [9.17, 15) is 27.6 Å². The molecule has 1 aromatic heterocycles. The normalized spacial score (nSPS) is 28.3. The minimum absolute atomic E-state index is 0.0347. The molecule has 0 radical (unpaired) electrons. The Labute approximate surface area is 287 Å². The molecular weight excluding hydrogens is 650 g/mol. The molecule has 4 fully saturated rings. The molecule has 0 bridgehead atoms. The molecule has 3 heterocycles. The Morgan fingerprint density at radius 3 is 2.45 bits per heavy atom. The summed E-state index contributed by atoms with van der Waals surface area (Å²) in [7, 11) is -3.84. The van der Waals surface area contributed by atoms with Crippen molar-refractivity contribution in [2.75, 3.05) is 6.54 Å².